The molecule has 2 aliphatic rings. The molecular formula is C22H25IN2O3. The summed E-state index contributed by atoms with van der Waals surface area (Å²) in [7, 11) is 6.34. The number of aryl methyl sites for hydroxylation is 1. The van der Waals surface area contributed by atoms with Crippen molar-refractivity contribution in [2.45, 2.75) is 19.4 Å². The molecule has 0 spiro atoms. The quantitative estimate of drug-likeness (QED) is 0.428. The number of benzene rings is 2. The number of halogens is 1. The van der Waals surface area contributed by atoms with E-state index < -0.39 is 0 Å². The minimum atomic E-state index is 0. The summed E-state index contributed by atoms with van der Waals surface area (Å²) in [5, 5.41) is 1.28. The largest absolute Gasteiger partial charge is 1.00 e. The molecule has 2 aromatic carbocycles. The standard InChI is InChI=1S/C22H25N2O3.HI/c1-13-18(15-7-5-6-8-16(15)23-13)20-19-14(9-10-24(20,2)3)11-17-21(22(19)25-4)27-12-26-17;/h5-8,11,20,23H,9-10,12H2,1-4H3;1H/q+1;/p-1. The molecule has 0 saturated carbocycles. The Kier molecular flexibility index (Phi) is 4.74. The first-order valence-corrected chi connectivity index (χ1v) is 9.40. The van der Waals surface area contributed by atoms with Gasteiger partial charge in [-0.2, -0.15) is 0 Å². The fourth-order valence-corrected chi connectivity index (χ4v) is 4.82. The van der Waals surface area contributed by atoms with Gasteiger partial charge in [0.05, 0.1) is 33.3 Å². The van der Waals surface area contributed by atoms with Crippen LogP contribution in [0.25, 0.3) is 10.9 Å². The maximum Gasteiger partial charge on any atom is 0.231 e. The maximum absolute atomic E-state index is 5.90. The van der Waals surface area contributed by atoms with Crippen molar-refractivity contribution in [1.82, 2.24) is 4.98 Å². The molecule has 6 heteroatoms. The number of fused-ring (bicyclic) bond motifs is 3. The van der Waals surface area contributed by atoms with Gasteiger partial charge in [-0.1, -0.05) is 18.2 Å². The average molecular weight is 492 g/mol. The van der Waals surface area contributed by atoms with E-state index in [-0.39, 0.29) is 36.8 Å². The molecule has 28 heavy (non-hydrogen) atoms. The van der Waals surface area contributed by atoms with E-state index in [1.54, 1.807) is 7.11 Å². The van der Waals surface area contributed by atoms with Crippen molar-refractivity contribution < 1.29 is 42.7 Å². The number of hydrogen-bond acceptors (Lipinski definition) is 3. The van der Waals surface area contributed by atoms with Crippen molar-refractivity contribution >= 4 is 10.9 Å². The zero-order valence-corrected chi connectivity index (χ0v) is 18.8. The highest BCUT2D eigenvalue weighted by atomic mass is 127. The molecule has 2 aliphatic heterocycles. The Morgan fingerprint density at radius 1 is 1.14 bits per heavy atom. The van der Waals surface area contributed by atoms with E-state index in [0.29, 0.717) is 0 Å². The average Bonchev–Trinajstić information content (AvgIpc) is 3.23. The van der Waals surface area contributed by atoms with Crippen LogP contribution in [0, 0.1) is 6.92 Å². The van der Waals surface area contributed by atoms with Gasteiger partial charge in [-0.3, -0.25) is 0 Å². The Bertz CT molecular complexity index is 1060. The molecule has 148 valence electrons. The van der Waals surface area contributed by atoms with E-state index in [0.717, 1.165) is 34.7 Å². The highest BCUT2D eigenvalue weighted by Gasteiger charge is 2.43. The van der Waals surface area contributed by atoms with E-state index in [1.165, 1.54) is 33.3 Å². The number of likely N-dealkylation sites (N-methyl/N-ethyl adjacent to an activating group) is 1. The van der Waals surface area contributed by atoms with E-state index in [2.05, 4.69) is 56.3 Å². The molecule has 1 N–H and O–H groups in total. The summed E-state index contributed by atoms with van der Waals surface area (Å²) in [6.07, 6.45) is 0.993. The van der Waals surface area contributed by atoms with Crippen molar-refractivity contribution in [2.24, 2.45) is 0 Å². The summed E-state index contributed by atoms with van der Waals surface area (Å²) in [5.74, 6) is 2.36. The first-order valence-electron chi connectivity index (χ1n) is 9.40. The van der Waals surface area contributed by atoms with Gasteiger partial charge in [0.15, 0.2) is 11.5 Å². The van der Waals surface area contributed by atoms with Gasteiger partial charge in [0.2, 0.25) is 12.5 Å². The highest BCUT2D eigenvalue weighted by Crippen LogP contribution is 2.53. The minimum Gasteiger partial charge on any atom is -1.00 e. The van der Waals surface area contributed by atoms with Gasteiger partial charge in [-0.25, -0.2) is 0 Å². The number of nitrogens with zero attached hydrogens (tertiary/aromatic N) is 1. The van der Waals surface area contributed by atoms with Crippen LogP contribution in [-0.4, -0.2) is 44.0 Å². The number of nitrogens with one attached hydrogen (secondary N) is 1. The number of hydrogen-bond donors (Lipinski definition) is 1. The van der Waals surface area contributed by atoms with Gasteiger partial charge in [0.1, 0.15) is 6.04 Å². The van der Waals surface area contributed by atoms with E-state index in [4.69, 9.17) is 14.2 Å². The molecule has 0 bridgehead atoms. The number of aromatic nitrogens is 1. The number of methoxy groups -OCH3 is 1. The van der Waals surface area contributed by atoms with Crippen molar-refractivity contribution in [3.8, 4) is 17.2 Å². The van der Waals surface area contributed by atoms with Crippen LogP contribution in [0.2, 0.25) is 0 Å². The van der Waals surface area contributed by atoms with Crippen LogP contribution >= 0.6 is 0 Å². The van der Waals surface area contributed by atoms with Crippen LogP contribution in [0.4, 0.5) is 0 Å². The van der Waals surface area contributed by atoms with Crippen LogP contribution < -0.4 is 38.2 Å². The second-order valence-electron chi connectivity index (χ2n) is 8.08. The van der Waals surface area contributed by atoms with Crippen LogP contribution in [0.3, 0.4) is 0 Å². The molecule has 0 fully saturated rings. The number of para-hydroxylation sites is 1. The number of H-pyrrole nitrogens is 1. The monoisotopic (exact) mass is 492 g/mol. The van der Waals surface area contributed by atoms with Crippen LogP contribution in [0.15, 0.2) is 30.3 Å². The third-order valence-corrected chi connectivity index (χ3v) is 6.09. The summed E-state index contributed by atoms with van der Waals surface area (Å²) >= 11 is 0. The number of rotatable bonds is 2. The molecule has 0 amide bonds. The fourth-order valence-electron chi connectivity index (χ4n) is 4.82. The smallest absolute Gasteiger partial charge is 0.231 e. The summed E-state index contributed by atoms with van der Waals surface area (Å²) < 4.78 is 18.2. The van der Waals surface area contributed by atoms with Gasteiger partial charge < -0.3 is 47.7 Å². The van der Waals surface area contributed by atoms with Crippen LogP contribution in [-0.2, 0) is 6.42 Å². The third-order valence-electron chi connectivity index (χ3n) is 6.09. The third kappa shape index (κ3) is 2.69. The van der Waals surface area contributed by atoms with Crippen molar-refractivity contribution in [1.29, 1.82) is 0 Å². The number of quaternary nitrogens is 1. The van der Waals surface area contributed by atoms with Gasteiger partial charge in [-0.15, -0.1) is 0 Å². The molecule has 0 radical (unpaired) electrons. The van der Waals surface area contributed by atoms with E-state index >= 15 is 0 Å². The van der Waals surface area contributed by atoms with Gasteiger partial charge in [-0.05, 0) is 24.6 Å². The predicted octanol–water partition coefficient (Wildman–Crippen LogP) is 0.940. The van der Waals surface area contributed by atoms with Crippen molar-refractivity contribution in [3.05, 3.63) is 52.7 Å². The van der Waals surface area contributed by atoms with Gasteiger partial charge in [0.25, 0.3) is 0 Å². The van der Waals surface area contributed by atoms with Crippen molar-refractivity contribution in [2.75, 3.05) is 34.5 Å². The van der Waals surface area contributed by atoms with E-state index in [9.17, 15) is 0 Å². The first kappa shape index (κ1) is 19.4. The summed E-state index contributed by atoms with van der Waals surface area (Å²) in [5.41, 5.74) is 6.25. The molecule has 3 aromatic rings. The zero-order chi connectivity index (χ0) is 18.8. The maximum atomic E-state index is 5.90. The number of ether oxygens (including phenoxy) is 3. The van der Waals surface area contributed by atoms with Gasteiger partial charge in [0, 0.05) is 28.6 Å². The number of aromatic amines is 1. The molecule has 1 aromatic heterocycles. The summed E-state index contributed by atoms with van der Waals surface area (Å²) in [6, 6.07) is 10.9. The molecule has 3 heterocycles. The lowest BCUT2D eigenvalue weighted by atomic mass is 9.84. The lowest BCUT2D eigenvalue weighted by Gasteiger charge is -2.43. The lowest BCUT2D eigenvalue weighted by molar-refractivity contribution is -0.917. The molecule has 1 atom stereocenters. The summed E-state index contributed by atoms with van der Waals surface area (Å²) in [6.45, 7) is 3.48. The molecule has 0 saturated heterocycles. The Hall–Kier alpha value is -1.93. The van der Waals surface area contributed by atoms with Crippen LogP contribution in [0.5, 0.6) is 17.2 Å². The molecular weight excluding hydrogens is 467 g/mol. The summed E-state index contributed by atoms with van der Waals surface area (Å²) in [4.78, 5) is 3.58. The van der Waals surface area contributed by atoms with E-state index in [1.807, 2.05) is 0 Å². The van der Waals surface area contributed by atoms with Gasteiger partial charge >= 0.3 is 0 Å². The Morgan fingerprint density at radius 3 is 2.71 bits per heavy atom. The molecule has 5 nitrogen and oxygen atoms in total. The Morgan fingerprint density at radius 2 is 1.93 bits per heavy atom. The Labute approximate surface area is 182 Å². The highest BCUT2D eigenvalue weighted by molar-refractivity contribution is 5.86. The fraction of sp³-hybridized carbons (Fsp3) is 0.364. The minimum absolute atomic E-state index is 0. The second-order valence-corrected chi connectivity index (χ2v) is 8.08. The first-order chi connectivity index (χ1) is 13.0. The predicted molar refractivity (Wildman–Crippen MR) is 105 cm³/mol. The SMILES string of the molecule is COc1c2c(cc3c1C(c1c(C)[nH]c4ccccc14)[N+](C)(C)CC3)OCO2.[I-]. The van der Waals surface area contributed by atoms with Crippen LogP contribution in [0.1, 0.15) is 28.4 Å². The molecule has 1 unspecified atom stereocenters. The normalized spacial score (nSPS) is 19.2. The molecule has 0 aliphatic carbocycles. The Balaban J connectivity index is 0.00000192. The lowest BCUT2D eigenvalue weighted by Crippen LogP contribution is -3.00. The second kappa shape index (κ2) is 6.84. The molecule has 5 rings (SSSR count). The topological polar surface area (TPSA) is 43.5 Å². The zero-order valence-electron chi connectivity index (χ0n) is 16.6. The van der Waals surface area contributed by atoms with Crippen molar-refractivity contribution in [3.63, 3.8) is 0 Å².